The summed E-state index contributed by atoms with van der Waals surface area (Å²) in [5.74, 6) is 1.04. The molecule has 8 nitrogen and oxygen atoms in total. The van der Waals surface area contributed by atoms with E-state index in [4.69, 9.17) is 28.8 Å². The molecule has 32 heavy (non-hydrogen) atoms. The van der Waals surface area contributed by atoms with Crippen molar-refractivity contribution in [2.45, 2.75) is 58.7 Å². The average Bonchev–Trinajstić information content (AvgIpc) is 3.44. The normalized spacial score (nSPS) is 22.8. The number of phenolic OH excluding ortho intramolecular Hbond substituents is 2. The van der Waals surface area contributed by atoms with Crippen LogP contribution in [-0.4, -0.2) is 54.6 Å². The molecule has 2 N–H and O–H groups in total. The van der Waals surface area contributed by atoms with Gasteiger partial charge in [-0.1, -0.05) is 39.8 Å². The number of hydrogen-bond acceptors (Lipinski definition) is 8. The molecule has 4 unspecified atom stereocenters. The predicted molar refractivity (Wildman–Crippen MR) is 120 cm³/mol. The Morgan fingerprint density at radius 1 is 0.812 bits per heavy atom. The van der Waals surface area contributed by atoms with Gasteiger partial charge in [0.1, 0.15) is 49.0 Å². The van der Waals surface area contributed by atoms with Gasteiger partial charge < -0.3 is 29.2 Å². The van der Waals surface area contributed by atoms with E-state index in [9.17, 15) is 10.2 Å². The Morgan fingerprint density at radius 3 is 1.84 bits per heavy atom. The van der Waals surface area contributed by atoms with Crippen LogP contribution in [0.4, 0.5) is 0 Å². The second kappa shape index (κ2) is 15.2. The Bertz CT molecular complexity index is 735. The molecule has 0 spiro atoms. The predicted octanol–water partition coefficient (Wildman–Crippen LogP) is 4.03. The van der Waals surface area contributed by atoms with Crippen LogP contribution < -0.4 is 4.74 Å². The largest absolute Gasteiger partial charge is 0.508 e. The van der Waals surface area contributed by atoms with Gasteiger partial charge in [-0.3, -0.25) is 0 Å². The minimum absolute atomic E-state index is 0.189. The Morgan fingerprint density at radius 2 is 1.28 bits per heavy atom. The summed E-state index contributed by atoms with van der Waals surface area (Å²) in [6.45, 7) is 11.0. The van der Waals surface area contributed by atoms with Crippen LogP contribution in [-0.2, 0) is 30.7 Å². The highest BCUT2D eigenvalue weighted by Gasteiger charge is 2.50. The fraction of sp³-hybridized carbons (Fsp3) is 0.458. The molecule has 0 aliphatic carbocycles. The maximum Gasteiger partial charge on any atom is 0.151 e. The van der Waals surface area contributed by atoms with Crippen LogP contribution in [0.25, 0.3) is 0 Å². The number of hydrogen-bond donors (Lipinski definition) is 2. The van der Waals surface area contributed by atoms with E-state index < -0.39 is 0 Å². The first kappa shape index (κ1) is 27.4. The molecule has 4 rings (SSSR count). The van der Waals surface area contributed by atoms with E-state index in [1.54, 1.807) is 48.5 Å². The van der Waals surface area contributed by atoms with Crippen molar-refractivity contribution in [1.82, 2.24) is 0 Å². The molecule has 0 aromatic heterocycles. The standard InChI is InChI=1S/C19H20O7.2C2H6.CH2O/c20-13-3-1-12(2-4-13)9-24-26-17-11-23-18-16(10-22-19(17)18)25-15-7-5-14(21)6-8-15;3*1-2/h1-8,16-21H,9-11H2;2*1-2H3;1H2. The van der Waals surface area contributed by atoms with Gasteiger partial charge >= 0.3 is 0 Å². The Labute approximate surface area is 189 Å². The molecule has 178 valence electrons. The van der Waals surface area contributed by atoms with E-state index in [1.807, 2.05) is 34.5 Å². The summed E-state index contributed by atoms with van der Waals surface area (Å²) < 4.78 is 17.5. The van der Waals surface area contributed by atoms with Crippen LogP contribution in [0, 0.1) is 0 Å². The highest BCUT2D eigenvalue weighted by Crippen LogP contribution is 2.32. The van der Waals surface area contributed by atoms with Crippen molar-refractivity contribution in [1.29, 1.82) is 0 Å². The van der Waals surface area contributed by atoms with Gasteiger partial charge in [-0.15, -0.1) is 0 Å². The highest BCUT2D eigenvalue weighted by molar-refractivity contribution is 5.30. The van der Waals surface area contributed by atoms with Gasteiger partial charge in [-0.2, -0.15) is 0 Å². The third-order valence-corrected chi connectivity index (χ3v) is 4.44. The number of carbonyl (C=O) groups excluding carboxylic acids is 1. The molecule has 2 aromatic rings. The van der Waals surface area contributed by atoms with Gasteiger partial charge in [0.05, 0.1) is 13.2 Å². The fourth-order valence-corrected chi connectivity index (χ4v) is 3.09. The fourth-order valence-electron chi connectivity index (χ4n) is 3.09. The van der Waals surface area contributed by atoms with Crippen molar-refractivity contribution in [3.05, 3.63) is 54.1 Å². The van der Waals surface area contributed by atoms with E-state index in [0.29, 0.717) is 19.0 Å². The van der Waals surface area contributed by atoms with Crippen molar-refractivity contribution in [2.75, 3.05) is 13.2 Å². The van der Waals surface area contributed by atoms with Gasteiger partial charge in [0.15, 0.2) is 6.10 Å². The number of phenols is 2. The van der Waals surface area contributed by atoms with E-state index in [-0.39, 0.29) is 42.5 Å². The third kappa shape index (κ3) is 7.80. The minimum atomic E-state index is -0.328. The highest BCUT2D eigenvalue weighted by atomic mass is 17.2. The Balaban J connectivity index is 0.000000789. The van der Waals surface area contributed by atoms with Crippen molar-refractivity contribution in [3.8, 4) is 17.2 Å². The molecule has 0 amide bonds. The van der Waals surface area contributed by atoms with Gasteiger partial charge in [-0.25, -0.2) is 9.78 Å². The first-order valence-corrected chi connectivity index (χ1v) is 10.7. The smallest absolute Gasteiger partial charge is 0.151 e. The SMILES string of the molecule is C=O.CC.CC.Oc1ccc(COOC2COC3C(Oc4ccc(O)cc4)COC23)cc1. The zero-order chi connectivity index (χ0) is 23.9. The molecule has 0 radical (unpaired) electrons. The lowest BCUT2D eigenvalue weighted by Crippen LogP contribution is -2.35. The summed E-state index contributed by atoms with van der Waals surface area (Å²) in [6, 6.07) is 13.3. The van der Waals surface area contributed by atoms with Crippen LogP contribution in [0.15, 0.2) is 48.5 Å². The quantitative estimate of drug-likeness (QED) is 0.502. The zero-order valence-corrected chi connectivity index (χ0v) is 19.1. The Hall–Kier alpha value is -2.65. The average molecular weight is 451 g/mol. The summed E-state index contributed by atoms with van der Waals surface area (Å²) in [6.07, 6.45) is -1.05. The van der Waals surface area contributed by atoms with Crippen molar-refractivity contribution >= 4 is 6.79 Å². The molecule has 2 aliphatic rings. The first-order valence-electron chi connectivity index (χ1n) is 10.7. The molecule has 2 heterocycles. The Kier molecular flexibility index (Phi) is 13.0. The van der Waals surface area contributed by atoms with Gasteiger partial charge in [-0.05, 0) is 42.0 Å². The molecule has 4 atom stereocenters. The van der Waals surface area contributed by atoms with Crippen LogP contribution in [0.5, 0.6) is 17.2 Å². The summed E-state index contributed by atoms with van der Waals surface area (Å²) in [5, 5.41) is 18.6. The van der Waals surface area contributed by atoms with Crippen LogP contribution in [0.2, 0.25) is 0 Å². The monoisotopic (exact) mass is 450 g/mol. The summed E-state index contributed by atoms with van der Waals surface area (Å²) in [5.41, 5.74) is 0.888. The minimum Gasteiger partial charge on any atom is -0.508 e. The number of aromatic hydroxyl groups is 2. The molecule has 0 bridgehead atoms. The molecule has 2 saturated heterocycles. The third-order valence-electron chi connectivity index (χ3n) is 4.44. The maximum atomic E-state index is 9.33. The number of ether oxygens (including phenoxy) is 3. The van der Waals surface area contributed by atoms with Gasteiger partial charge in [0, 0.05) is 0 Å². The van der Waals surface area contributed by atoms with Gasteiger partial charge in [0.2, 0.25) is 0 Å². The second-order valence-electron chi connectivity index (χ2n) is 6.31. The molecular formula is C24H34O8. The van der Waals surface area contributed by atoms with Crippen molar-refractivity contribution < 1.29 is 39.0 Å². The lowest BCUT2D eigenvalue weighted by atomic mass is 10.1. The van der Waals surface area contributed by atoms with E-state index in [2.05, 4.69) is 0 Å². The molecule has 2 aliphatic heterocycles. The topological polar surface area (TPSA) is 104 Å². The van der Waals surface area contributed by atoms with Crippen LogP contribution in [0.3, 0.4) is 0 Å². The number of benzene rings is 2. The second-order valence-corrected chi connectivity index (χ2v) is 6.31. The molecule has 2 aromatic carbocycles. The zero-order valence-electron chi connectivity index (χ0n) is 19.1. The van der Waals surface area contributed by atoms with Crippen LogP contribution >= 0.6 is 0 Å². The van der Waals surface area contributed by atoms with E-state index >= 15 is 0 Å². The van der Waals surface area contributed by atoms with Crippen molar-refractivity contribution in [2.24, 2.45) is 0 Å². The molecular weight excluding hydrogens is 416 g/mol. The summed E-state index contributed by atoms with van der Waals surface area (Å²) >= 11 is 0. The first-order chi connectivity index (χ1) is 15.7. The lowest BCUT2D eigenvalue weighted by Gasteiger charge is -2.18. The molecule has 2 fully saturated rings. The summed E-state index contributed by atoms with van der Waals surface area (Å²) in [4.78, 5) is 18.8. The molecule has 0 saturated carbocycles. The maximum absolute atomic E-state index is 9.33. The summed E-state index contributed by atoms with van der Waals surface area (Å²) in [7, 11) is 0. The number of carbonyl (C=O) groups is 1. The van der Waals surface area contributed by atoms with E-state index in [0.717, 1.165) is 5.56 Å². The molecule has 8 heteroatoms. The van der Waals surface area contributed by atoms with Gasteiger partial charge in [0.25, 0.3) is 0 Å². The lowest BCUT2D eigenvalue weighted by molar-refractivity contribution is -0.341. The number of rotatable bonds is 6. The number of fused-ring (bicyclic) bond motifs is 1. The van der Waals surface area contributed by atoms with Crippen molar-refractivity contribution in [3.63, 3.8) is 0 Å². The van der Waals surface area contributed by atoms with Crippen LogP contribution in [0.1, 0.15) is 33.3 Å². The van der Waals surface area contributed by atoms with E-state index in [1.165, 1.54) is 0 Å².